The summed E-state index contributed by atoms with van der Waals surface area (Å²) in [6, 6.07) is 15.8. The smallest absolute Gasteiger partial charge is 0.270 e. The Hall–Kier alpha value is -2.57. The molecule has 3 rings (SSSR count). The normalized spacial score (nSPS) is 12.0. The first-order valence-electron chi connectivity index (χ1n) is 9.11. The zero-order valence-electron chi connectivity index (χ0n) is 16.3. The van der Waals surface area contributed by atoms with Crippen molar-refractivity contribution in [2.45, 2.75) is 33.1 Å². The molecule has 1 unspecified atom stereocenters. The lowest BCUT2D eigenvalue weighted by atomic mass is 10.1. The SMILES string of the molecule is Cc1ccc(CNC(=O)C[S+]([O-])Cc2nc(-c3cccc(C)c3)oc2C)cc1. The van der Waals surface area contributed by atoms with E-state index >= 15 is 0 Å². The lowest BCUT2D eigenvalue weighted by Gasteiger charge is -2.10. The standard InChI is InChI=1S/C22H24N2O3S/c1-15-7-9-18(10-8-15)12-23-21(25)14-28(26)13-20-17(3)27-22(24-20)19-6-4-5-16(2)11-19/h4-11H,12-14H2,1-3H3,(H,23,25). The maximum Gasteiger partial charge on any atom is 0.270 e. The second-order valence-corrected chi connectivity index (χ2v) is 8.34. The van der Waals surface area contributed by atoms with Crippen LogP contribution >= 0.6 is 0 Å². The summed E-state index contributed by atoms with van der Waals surface area (Å²) in [4.78, 5) is 16.6. The highest BCUT2D eigenvalue weighted by Crippen LogP contribution is 2.23. The van der Waals surface area contributed by atoms with Gasteiger partial charge < -0.3 is 14.3 Å². The summed E-state index contributed by atoms with van der Waals surface area (Å²) in [5, 5.41) is 2.81. The van der Waals surface area contributed by atoms with Gasteiger partial charge in [0.2, 0.25) is 5.89 Å². The molecule has 3 aromatic rings. The molecule has 0 bridgehead atoms. The molecule has 28 heavy (non-hydrogen) atoms. The van der Waals surface area contributed by atoms with Gasteiger partial charge in [0, 0.05) is 12.1 Å². The van der Waals surface area contributed by atoms with Crippen molar-refractivity contribution in [2.24, 2.45) is 0 Å². The summed E-state index contributed by atoms with van der Waals surface area (Å²) < 4.78 is 18.1. The molecule has 1 aromatic heterocycles. The summed E-state index contributed by atoms with van der Waals surface area (Å²) in [5.74, 6) is 1.04. The van der Waals surface area contributed by atoms with Gasteiger partial charge in [-0.1, -0.05) is 47.5 Å². The Kier molecular flexibility index (Phi) is 6.54. The Labute approximate surface area is 168 Å². The predicted octanol–water partition coefficient (Wildman–Crippen LogP) is 3.83. The molecule has 0 fully saturated rings. The molecule has 146 valence electrons. The van der Waals surface area contributed by atoms with Gasteiger partial charge in [0.15, 0.2) is 11.5 Å². The highest BCUT2D eigenvalue weighted by Gasteiger charge is 2.20. The molecule has 0 aliphatic rings. The number of nitrogens with one attached hydrogen (secondary N) is 1. The van der Waals surface area contributed by atoms with Crippen molar-refractivity contribution in [1.82, 2.24) is 10.3 Å². The molecule has 0 aliphatic heterocycles. The third kappa shape index (κ3) is 5.47. The molecule has 0 saturated heterocycles. The van der Waals surface area contributed by atoms with Gasteiger partial charge in [-0.05, 0) is 49.6 Å². The fourth-order valence-electron chi connectivity index (χ4n) is 2.77. The van der Waals surface area contributed by atoms with Gasteiger partial charge in [0.25, 0.3) is 5.91 Å². The number of benzene rings is 2. The molecule has 5 nitrogen and oxygen atoms in total. The van der Waals surface area contributed by atoms with Crippen LogP contribution < -0.4 is 5.32 Å². The van der Waals surface area contributed by atoms with Crippen LogP contribution in [-0.2, 0) is 28.3 Å². The Morgan fingerprint density at radius 2 is 1.86 bits per heavy atom. The maximum atomic E-state index is 12.4. The zero-order valence-corrected chi connectivity index (χ0v) is 17.1. The fourth-order valence-corrected chi connectivity index (χ4v) is 3.84. The van der Waals surface area contributed by atoms with Crippen molar-refractivity contribution < 1.29 is 13.8 Å². The number of rotatable bonds is 7. The molecule has 1 heterocycles. The van der Waals surface area contributed by atoms with Crippen molar-refractivity contribution in [1.29, 1.82) is 0 Å². The van der Waals surface area contributed by atoms with Crippen LogP contribution in [-0.4, -0.2) is 21.2 Å². The monoisotopic (exact) mass is 396 g/mol. The van der Waals surface area contributed by atoms with E-state index in [-0.39, 0.29) is 17.4 Å². The molecule has 0 radical (unpaired) electrons. The van der Waals surface area contributed by atoms with E-state index in [0.29, 0.717) is 23.9 Å². The topological polar surface area (TPSA) is 78.2 Å². The minimum absolute atomic E-state index is 0.0576. The van der Waals surface area contributed by atoms with Gasteiger partial charge in [-0.2, -0.15) is 0 Å². The van der Waals surface area contributed by atoms with Crippen molar-refractivity contribution in [3.05, 3.63) is 76.7 Å². The molecule has 0 aliphatic carbocycles. The first kappa shape index (κ1) is 20.2. The van der Waals surface area contributed by atoms with Crippen LogP contribution in [0.3, 0.4) is 0 Å². The quantitative estimate of drug-likeness (QED) is 0.616. The number of oxazole rings is 1. The third-order valence-electron chi connectivity index (χ3n) is 4.36. The van der Waals surface area contributed by atoms with Crippen molar-refractivity contribution in [3.8, 4) is 11.5 Å². The van der Waals surface area contributed by atoms with E-state index in [9.17, 15) is 9.35 Å². The lowest BCUT2D eigenvalue weighted by Crippen LogP contribution is -2.30. The van der Waals surface area contributed by atoms with Crippen LogP contribution in [0.2, 0.25) is 0 Å². The number of aromatic nitrogens is 1. The van der Waals surface area contributed by atoms with E-state index in [2.05, 4.69) is 10.3 Å². The molecule has 2 aromatic carbocycles. The predicted molar refractivity (Wildman–Crippen MR) is 111 cm³/mol. The number of aryl methyl sites for hydroxylation is 3. The first-order chi connectivity index (χ1) is 13.4. The summed E-state index contributed by atoms with van der Waals surface area (Å²) in [7, 11) is 0. The van der Waals surface area contributed by atoms with Gasteiger partial charge >= 0.3 is 0 Å². The van der Waals surface area contributed by atoms with E-state index in [1.165, 1.54) is 5.56 Å². The zero-order chi connectivity index (χ0) is 20.1. The van der Waals surface area contributed by atoms with Crippen LogP contribution in [0.4, 0.5) is 0 Å². The molecule has 6 heteroatoms. The molecule has 0 spiro atoms. The van der Waals surface area contributed by atoms with Crippen LogP contribution in [0.1, 0.15) is 28.1 Å². The number of amides is 1. The molecule has 1 N–H and O–H groups in total. The number of nitrogens with zero attached hydrogens (tertiary/aromatic N) is 1. The number of hydrogen-bond donors (Lipinski definition) is 1. The summed E-state index contributed by atoms with van der Waals surface area (Å²) in [6.45, 7) is 6.25. The van der Waals surface area contributed by atoms with E-state index in [1.54, 1.807) is 6.92 Å². The average molecular weight is 397 g/mol. The Morgan fingerprint density at radius 1 is 1.11 bits per heavy atom. The highest BCUT2D eigenvalue weighted by molar-refractivity contribution is 7.91. The summed E-state index contributed by atoms with van der Waals surface area (Å²) in [5.41, 5.74) is 4.81. The maximum absolute atomic E-state index is 12.4. The largest absolute Gasteiger partial charge is 0.616 e. The average Bonchev–Trinajstić information content (AvgIpc) is 3.01. The van der Waals surface area contributed by atoms with E-state index in [1.807, 2.05) is 62.4 Å². The van der Waals surface area contributed by atoms with E-state index in [0.717, 1.165) is 16.7 Å². The van der Waals surface area contributed by atoms with Crippen LogP contribution in [0.25, 0.3) is 11.5 Å². The molecule has 1 amide bonds. The van der Waals surface area contributed by atoms with Crippen molar-refractivity contribution in [3.63, 3.8) is 0 Å². The third-order valence-corrected chi connectivity index (χ3v) is 5.54. The van der Waals surface area contributed by atoms with Gasteiger partial charge in [-0.15, -0.1) is 0 Å². The minimum Gasteiger partial charge on any atom is -0.616 e. The Morgan fingerprint density at radius 3 is 2.57 bits per heavy atom. The molecule has 1 atom stereocenters. The van der Waals surface area contributed by atoms with Gasteiger partial charge in [0.05, 0.1) is 0 Å². The number of carbonyl (C=O) groups is 1. The number of carbonyl (C=O) groups excluding carboxylic acids is 1. The lowest BCUT2D eigenvalue weighted by molar-refractivity contribution is -0.118. The van der Waals surface area contributed by atoms with Crippen LogP contribution in [0.15, 0.2) is 52.9 Å². The molecular formula is C22H24N2O3S. The van der Waals surface area contributed by atoms with Crippen LogP contribution in [0, 0.1) is 20.8 Å². The van der Waals surface area contributed by atoms with E-state index in [4.69, 9.17) is 4.42 Å². The van der Waals surface area contributed by atoms with Crippen molar-refractivity contribution in [2.75, 3.05) is 5.75 Å². The first-order valence-corrected chi connectivity index (χ1v) is 10.6. The van der Waals surface area contributed by atoms with Gasteiger partial charge in [-0.3, -0.25) is 4.79 Å². The number of hydrogen-bond acceptors (Lipinski definition) is 4. The highest BCUT2D eigenvalue weighted by atomic mass is 32.2. The summed E-state index contributed by atoms with van der Waals surface area (Å²) >= 11 is -1.35. The van der Waals surface area contributed by atoms with Gasteiger partial charge in [0.1, 0.15) is 11.5 Å². The minimum atomic E-state index is -1.35. The Balaban J connectivity index is 1.55. The second-order valence-electron chi connectivity index (χ2n) is 6.88. The Bertz CT molecular complexity index is 951. The molecule has 0 saturated carbocycles. The fraction of sp³-hybridized carbons (Fsp3) is 0.273. The summed E-state index contributed by atoms with van der Waals surface area (Å²) in [6.07, 6.45) is 0. The van der Waals surface area contributed by atoms with Crippen molar-refractivity contribution >= 4 is 17.1 Å². The van der Waals surface area contributed by atoms with E-state index < -0.39 is 11.2 Å². The van der Waals surface area contributed by atoms with Crippen LogP contribution in [0.5, 0.6) is 0 Å². The molecular weight excluding hydrogens is 372 g/mol. The second kappa shape index (κ2) is 9.08. The van der Waals surface area contributed by atoms with Gasteiger partial charge in [-0.25, -0.2) is 4.98 Å².